The van der Waals surface area contributed by atoms with Crippen LogP contribution in [-0.4, -0.2) is 34.2 Å². The van der Waals surface area contributed by atoms with Crippen molar-refractivity contribution in [3.63, 3.8) is 0 Å². The number of ketones is 1. The number of ether oxygens (including phenoxy) is 1. The third-order valence-electron chi connectivity index (χ3n) is 6.19. The van der Waals surface area contributed by atoms with Gasteiger partial charge in [-0.25, -0.2) is 0 Å². The molecule has 25 heavy (non-hydrogen) atoms. The number of carboxylic acids is 1. The minimum atomic E-state index is -0.724. The molecule has 0 aromatic rings. The number of aliphatic hydroxyl groups excluding tert-OH is 1. The molecule has 0 bridgehead atoms. The van der Waals surface area contributed by atoms with Gasteiger partial charge in [0, 0.05) is 24.0 Å². The zero-order chi connectivity index (χ0) is 17.6. The summed E-state index contributed by atoms with van der Waals surface area (Å²) in [4.78, 5) is 23.6. The first-order valence-electron chi connectivity index (χ1n) is 9.30. The van der Waals surface area contributed by atoms with Gasteiger partial charge in [0.05, 0.1) is 12.0 Å². The van der Waals surface area contributed by atoms with Crippen molar-refractivity contribution in [2.24, 2.45) is 17.8 Å². The van der Waals surface area contributed by atoms with E-state index in [9.17, 15) is 19.8 Å². The molecule has 4 rings (SSSR count). The van der Waals surface area contributed by atoms with E-state index in [1.807, 2.05) is 6.08 Å². The summed E-state index contributed by atoms with van der Waals surface area (Å²) in [6, 6.07) is 0. The molecule has 1 heterocycles. The van der Waals surface area contributed by atoms with E-state index >= 15 is 0 Å². The van der Waals surface area contributed by atoms with E-state index in [1.165, 1.54) is 6.08 Å². The molecular formula is C20H24O5. The standard InChI is InChI=1S/C20H24O5/c21-11-5-7-15-17(9-11)25-18-10-12(22)6-8-16(18)19(15)13-3-1-2-4-14(13)20(23)24/h5,7,9,12-14,16,18,22H,1-4,6,8,10H2,(H,23,24). The molecule has 5 nitrogen and oxygen atoms in total. The van der Waals surface area contributed by atoms with Crippen LogP contribution in [0.3, 0.4) is 0 Å². The molecule has 0 amide bonds. The minimum absolute atomic E-state index is 0.00542. The van der Waals surface area contributed by atoms with Gasteiger partial charge in [0.1, 0.15) is 11.9 Å². The van der Waals surface area contributed by atoms with Crippen molar-refractivity contribution in [2.75, 3.05) is 0 Å². The fourth-order valence-corrected chi connectivity index (χ4v) is 5.07. The number of carbonyl (C=O) groups excluding carboxylic acids is 1. The fraction of sp³-hybridized carbons (Fsp3) is 0.600. The topological polar surface area (TPSA) is 83.8 Å². The number of fused-ring (bicyclic) bond motifs is 2. The van der Waals surface area contributed by atoms with Gasteiger partial charge in [-0.2, -0.15) is 0 Å². The van der Waals surface area contributed by atoms with E-state index in [4.69, 9.17) is 4.74 Å². The summed E-state index contributed by atoms with van der Waals surface area (Å²) in [5.41, 5.74) is 2.07. The van der Waals surface area contributed by atoms with Crippen LogP contribution in [-0.2, 0) is 14.3 Å². The molecule has 2 fully saturated rings. The average Bonchev–Trinajstić information content (AvgIpc) is 2.59. The van der Waals surface area contributed by atoms with Gasteiger partial charge in [-0.1, -0.05) is 12.8 Å². The zero-order valence-electron chi connectivity index (χ0n) is 14.2. The van der Waals surface area contributed by atoms with E-state index in [0.717, 1.165) is 36.8 Å². The second kappa shape index (κ2) is 6.45. The van der Waals surface area contributed by atoms with Gasteiger partial charge in [0.25, 0.3) is 0 Å². The smallest absolute Gasteiger partial charge is 0.307 e. The van der Waals surface area contributed by atoms with E-state index in [0.29, 0.717) is 25.0 Å². The predicted molar refractivity (Wildman–Crippen MR) is 90.6 cm³/mol. The number of rotatable bonds is 2. The van der Waals surface area contributed by atoms with Crippen molar-refractivity contribution in [1.29, 1.82) is 0 Å². The van der Waals surface area contributed by atoms with Crippen LogP contribution < -0.4 is 0 Å². The third-order valence-corrected chi connectivity index (χ3v) is 6.19. The molecule has 1 aliphatic heterocycles. The Morgan fingerprint density at radius 2 is 1.88 bits per heavy atom. The van der Waals surface area contributed by atoms with Crippen LogP contribution in [0, 0.1) is 17.8 Å². The first-order chi connectivity index (χ1) is 12.0. The van der Waals surface area contributed by atoms with Crippen molar-refractivity contribution in [3.8, 4) is 0 Å². The number of hydrogen-bond acceptors (Lipinski definition) is 4. The Kier molecular flexibility index (Phi) is 4.28. The quantitative estimate of drug-likeness (QED) is 0.805. The van der Waals surface area contributed by atoms with Crippen LogP contribution in [0.25, 0.3) is 0 Å². The lowest BCUT2D eigenvalue weighted by atomic mass is 9.65. The average molecular weight is 344 g/mol. The second-order valence-electron chi connectivity index (χ2n) is 7.68. The maximum absolute atomic E-state index is 11.9. The Morgan fingerprint density at radius 3 is 2.68 bits per heavy atom. The van der Waals surface area contributed by atoms with Crippen molar-refractivity contribution < 1.29 is 24.5 Å². The Hall–Kier alpha value is -1.88. The van der Waals surface area contributed by atoms with E-state index in [1.54, 1.807) is 6.08 Å². The molecule has 5 unspecified atom stereocenters. The summed E-state index contributed by atoms with van der Waals surface area (Å²) in [5, 5.41) is 19.8. The van der Waals surface area contributed by atoms with E-state index < -0.39 is 5.97 Å². The Balaban J connectivity index is 1.80. The highest BCUT2D eigenvalue weighted by Gasteiger charge is 2.45. The van der Waals surface area contributed by atoms with Gasteiger partial charge in [-0.3, -0.25) is 9.59 Å². The summed E-state index contributed by atoms with van der Waals surface area (Å²) in [6.07, 6.45) is 9.94. The lowest BCUT2D eigenvalue weighted by Crippen LogP contribution is -2.43. The molecule has 5 heteroatoms. The highest BCUT2D eigenvalue weighted by molar-refractivity contribution is 6.02. The van der Waals surface area contributed by atoms with Crippen LogP contribution in [0.1, 0.15) is 44.9 Å². The maximum Gasteiger partial charge on any atom is 0.307 e. The number of allylic oxidation sites excluding steroid dienone is 3. The lowest BCUT2D eigenvalue weighted by Gasteiger charge is -2.45. The summed E-state index contributed by atoms with van der Waals surface area (Å²) < 4.78 is 6.08. The van der Waals surface area contributed by atoms with Crippen LogP contribution >= 0.6 is 0 Å². The normalized spacial score (nSPS) is 37.7. The summed E-state index contributed by atoms with van der Waals surface area (Å²) in [7, 11) is 0. The molecule has 134 valence electrons. The highest BCUT2D eigenvalue weighted by atomic mass is 16.5. The van der Waals surface area contributed by atoms with Crippen LogP contribution in [0.5, 0.6) is 0 Å². The number of carbonyl (C=O) groups is 2. The molecule has 0 spiro atoms. The Labute approximate surface area is 147 Å². The predicted octanol–water partition coefficient (Wildman–Crippen LogP) is 2.76. The molecular weight excluding hydrogens is 320 g/mol. The number of carboxylic acid groups (broad SMARTS) is 1. The van der Waals surface area contributed by atoms with Crippen molar-refractivity contribution >= 4 is 11.8 Å². The van der Waals surface area contributed by atoms with Crippen LogP contribution in [0.4, 0.5) is 0 Å². The molecule has 4 aliphatic rings. The maximum atomic E-state index is 11.9. The number of aliphatic carboxylic acids is 1. The van der Waals surface area contributed by atoms with Gasteiger partial charge in [-0.05, 0) is 49.3 Å². The largest absolute Gasteiger partial charge is 0.489 e. The SMILES string of the molecule is O=C1C=CC2=C(C3CCCCC3C(=O)O)C3CCC(O)CC3OC2=C1. The second-order valence-corrected chi connectivity index (χ2v) is 7.68. The number of hydrogen-bond donors (Lipinski definition) is 2. The monoisotopic (exact) mass is 344 g/mol. The summed E-state index contributed by atoms with van der Waals surface area (Å²) in [5.74, 6) is -0.501. The lowest BCUT2D eigenvalue weighted by molar-refractivity contribution is -0.144. The highest BCUT2D eigenvalue weighted by Crippen LogP contribution is 2.49. The molecule has 0 radical (unpaired) electrons. The molecule has 0 saturated heterocycles. The molecule has 5 atom stereocenters. The minimum Gasteiger partial charge on any atom is -0.489 e. The molecule has 0 aromatic carbocycles. The van der Waals surface area contributed by atoms with Gasteiger partial charge in [-0.15, -0.1) is 0 Å². The molecule has 2 saturated carbocycles. The molecule has 0 aromatic heterocycles. The van der Waals surface area contributed by atoms with E-state index in [-0.39, 0.29) is 35.7 Å². The Morgan fingerprint density at radius 1 is 1.08 bits per heavy atom. The summed E-state index contributed by atoms with van der Waals surface area (Å²) >= 11 is 0. The molecule has 3 aliphatic carbocycles. The van der Waals surface area contributed by atoms with Gasteiger partial charge in [0.2, 0.25) is 0 Å². The zero-order valence-corrected chi connectivity index (χ0v) is 14.2. The Bertz CT molecular complexity index is 686. The van der Waals surface area contributed by atoms with Crippen molar-refractivity contribution in [1.82, 2.24) is 0 Å². The molecule has 2 N–H and O–H groups in total. The summed E-state index contributed by atoms with van der Waals surface area (Å²) in [6.45, 7) is 0. The third kappa shape index (κ3) is 2.95. The first-order valence-corrected chi connectivity index (χ1v) is 9.30. The van der Waals surface area contributed by atoms with Gasteiger partial charge < -0.3 is 14.9 Å². The first kappa shape index (κ1) is 16.6. The van der Waals surface area contributed by atoms with Crippen molar-refractivity contribution in [3.05, 3.63) is 35.1 Å². The van der Waals surface area contributed by atoms with E-state index in [2.05, 4.69) is 0 Å². The van der Waals surface area contributed by atoms with Crippen LogP contribution in [0.2, 0.25) is 0 Å². The number of aliphatic hydroxyl groups is 1. The van der Waals surface area contributed by atoms with Crippen LogP contribution in [0.15, 0.2) is 35.1 Å². The van der Waals surface area contributed by atoms with Crippen molar-refractivity contribution in [2.45, 2.75) is 57.2 Å². The fourth-order valence-electron chi connectivity index (χ4n) is 5.07. The van der Waals surface area contributed by atoms with Gasteiger partial charge in [0.15, 0.2) is 5.78 Å². The van der Waals surface area contributed by atoms with Gasteiger partial charge >= 0.3 is 5.97 Å².